The molecule has 8 heteroatoms. The topological polar surface area (TPSA) is 83.2 Å². The largest absolute Gasteiger partial charge is 0.488 e. The van der Waals surface area contributed by atoms with Gasteiger partial charge in [-0.15, -0.1) is 11.3 Å². The molecule has 1 aromatic carbocycles. The molecule has 2 aromatic heterocycles. The molecule has 0 saturated carbocycles. The van der Waals surface area contributed by atoms with E-state index in [-0.39, 0.29) is 0 Å². The number of nitrogens with one attached hydrogen (secondary N) is 3. The van der Waals surface area contributed by atoms with Gasteiger partial charge in [0.2, 0.25) is 0 Å². The summed E-state index contributed by atoms with van der Waals surface area (Å²) in [7, 11) is 0. The van der Waals surface area contributed by atoms with Crippen molar-refractivity contribution in [3.8, 4) is 5.75 Å². The van der Waals surface area contributed by atoms with Gasteiger partial charge in [0.1, 0.15) is 18.1 Å². The number of benzene rings is 1. The third-order valence-corrected chi connectivity index (χ3v) is 4.55. The first-order valence-corrected chi connectivity index (χ1v) is 8.99. The fourth-order valence-corrected chi connectivity index (χ4v) is 2.99. The van der Waals surface area contributed by atoms with Crippen molar-refractivity contribution >= 4 is 39.1 Å². The zero-order valence-electron chi connectivity index (χ0n) is 12.9. The number of ether oxygens (including phenoxy) is 1. The molecule has 0 bridgehead atoms. The number of hydrogen-bond donors (Lipinski definition) is 3. The van der Waals surface area contributed by atoms with Crippen LogP contribution in [0.2, 0.25) is 0 Å². The molecule has 0 aliphatic rings. The molecule has 0 spiro atoms. The Hall–Kier alpha value is -2.58. The quantitative estimate of drug-likeness (QED) is 0.553. The van der Waals surface area contributed by atoms with Gasteiger partial charge in [0.15, 0.2) is 0 Å². The van der Waals surface area contributed by atoms with Crippen LogP contribution in [-0.4, -0.2) is 16.8 Å². The highest BCUT2D eigenvalue weighted by Gasteiger charge is 2.11. The maximum Gasteiger partial charge on any atom is 0.286 e. The van der Waals surface area contributed by atoms with Crippen molar-refractivity contribution in [1.29, 1.82) is 0 Å². The Morgan fingerprint density at radius 3 is 2.68 bits per heavy atom. The van der Waals surface area contributed by atoms with Crippen LogP contribution in [0.4, 0.5) is 0 Å². The molecule has 0 fully saturated rings. The van der Waals surface area contributed by atoms with Gasteiger partial charge in [0.05, 0.1) is 0 Å². The number of hydrogen-bond acceptors (Lipinski definition) is 4. The number of halogens is 1. The van der Waals surface area contributed by atoms with Gasteiger partial charge in [-0.2, -0.15) is 0 Å². The number of thiophene rings is 1. The van der Waals surface area contributed by atoms with Gasteiger partial charge in [-0.1, -0.05) is 12.1 Å². The van der Waals surface area contributed by atoms with Crippen LogP contribution in [-0.2, 0) is 6.61 Å². The maximum atomic E-state index is 12.2. The van der Waals surface area contributed by atoms with E-state index in [1.165, 1.54) is 0 Å². The monoisotopic (exact) mass is 419 g/mol. The second kappa shape index (κ2) is 8.00. The lowest BCUT2D eigenvalue weighted by Gasteiger charge is -2.09. The second-order valence-corrected chi connectivity index (χ2v) is 6.98. The molecule has 0 aliphatic heterocycles. The molecule has 3 N–H and O–H groups in total. The number of rotatable bonds is 5. The zero-order valence-corrected chi connectivity index (χ0v) is 15.3. The number of carbonyl (C=O) groups is 2. The van der Waals surface area contributed by atoms with Gasteiger partial charge in [0.25, 0.3) is 11.8 Å². The summed E-state index contributed by atoms with van der Waals surface area (Å²) in [6, 6.07) is 12.3. The van der Waals surface area contributed by atoms with E-state index < -0.39 is 11.8 Å². The van der Waals surface area contributed by atoms with Crippen LogP contribution in [0.3, 0.4) is 0 Å². The highest BCUT2D eigenvalue weighted by Crippen LogP contribution is 2.17. The standard InChI is InChI=1S/C17H14BrN3O3S/c18-12-8-15(19-9-12)17(23)21-20-16(22)11-3-1-4-13(7-11)24-10-14-5-2-6-25-14/h1-9,19H,10H2,(H,20,22)(H,21,23). The Bertz CT molecular complexity index is 877. The van der Waals surface area contributed by atoms with Crippen molar-refractivity contribution in [3.05, 3.63) is 74.6 Å². The molecule has 128 valence electrons. The first-order chi connectivity index (χ1) is 12.1. The average Bonchev–Trinajstić information content (AvgIpc) is 3.29. The Labute approximate surface area is 156 Å². The van der Waals surface area contributed by atoms with E-state index in [1.54, 1.807) is 47.9 Å². The van der Waals surface area contributed by atoms with Gasteiger partial charge in [-0.3, -0.25) is 20.4 Å². The van der Waals surface area contributed by atoms with Crippen LogP contribution in [0.1, 0.15) is 25.7 Å². The molecule has 2 heterocycles. The Morgan fingerprint density at radius 1 is 1.12 bits per heavy atom. The number of hydrazine groups is 1. The molecule has 3 aromatic rings. The predicted octanol–water partition coefficient (Wildman–Crippen LogP) is 3.49. The van der Waals surface area contributed by atoms with Crippen LogP contribution in [0.15, 0.2) is 58.5 Å². The average molecular weight is 420 g/mol. The van der Waals surface area contributed by atoms with E-state index in [9.17, 15) is 9.59 Å². The van der Waals surface area contributed by atoms with Crippen molar-refractivity contribution in [2.75, 3.05) is 0 Å². The van der Waals surface area contributed by atoms with E-state index in [2.05, 4.69) is 31.8 Å². The molecule has 0 aliphatic carbocycles. The Balaban J connectivity index is 1.56. The Morgan fingerprint density at radius 2 is 1.96 bits per heavy atom. The van der Waals surface area contributed by atoms with Crippen LogP contribution < -0.4 is 15.6 Å². The fraction of sp³-hybridized carbons (Fsp3) is 0.0588. The molecule has 0 radical (unpaired) electrons. The third kappa shape index (κ3) is 4.71. The van der Waals surface area contributed by atoms with Gasteiger partial charge < -0.3 is 9.72 Å². The van der Waals surface area contributed by atoms with Crippen LogP contribution >= 0.6 is 27.3 Å². The minimum Gasteiger partial charge on any atom is -0.488 e. The van der Waals surface area contributed by atoms with Crippen LogP contribution in [0.5, 0.6) is 5.75 Å². The van der Waals surface area contributed by atoms with Gasteiger partial charge in [-0.05, 0) is 51.6 Å². The molecule has 0 saturated heterocycles. The zero-order chi connectivity index (χ0) is 17.6. The molecule has 25 heavy (non-hydrogen) atoms. The predicted molar refractivity (Wildman–Crippen MR) is 98.5 cm³/mol. The molecule has 2 amide bonds. The maximum absolute atomic E-state index is 12.2. The molecule has 0 atom stereocenters. The molecule has 6 nitrogen and oxygen atoms in total. The van der Waals surface area contributed by atoms with Crippen LogP contribution in [0.25, 0.3) is 0 Å². The SMILES string of the molecule is O=C(NNC(=O)c1cc(Br)c[nH]1)c1cccc(OCc2cccs2)c1. The number of aromatic amines is 1. The summed E-state index contributed by atoms with van der Waals surface area (Å²) in [5, 5.41) is 1.98. The van der Waals surface area contributed by atoms with E-state index in [0.29, 0.717) is 23.6 Å². The van der Waals surface area contributed by atoms with Gasteiger partial charge >= 0.3 is 0 Å². The van der Waals surface area contributed by atoms with Crippen LogP contribution in [0, 0.1) is 0 Å². The Kier molecular flexibility index (Phi) is 5.52. The highest BCUT2D eigenvalue weighted by atomic mass is 79.9. The molecular formula is C17H14BrN3O3S. The smallest absolute Gasteiger partial charge is 0.286 e. The fourth-order valence-electron chi connectivity index (χ4n) is 2.03. The van der Waals surface area contributed by atoms with Gasteiger partial charge in [0, 0.05) is 21.1 Å². The summed E-state index contributed by atoms with van der Waals surface area (Å²) in [5.74, 6) is -0.287. The van der Waals surface area contributed by atoms with Crippen molar-refractivity contribution in [2.45, 2.75) is 6.61 Å². The van der Waals surface area contributed by atoms with E-state index in [0.717, 1.165) is 9.35 Å². The number of amides is 2. The van der Waals surface area contributed by atoms with Crippen molar-refractivity contribution < 1.29 is 14.3 Å². The number of carbonyl (C=O) groups excluding carboxylic acids is 2. The molecular weight excluding hydrogens is 406 g/mol. The summed E-state index contributed by atoms with van der Waals surface area (Å²) in [6.45, 7) is 0.446. The first-order valence-electron chi connectivity index (χ1n) is 7.31. The van der Waals surface area contributed by atoms with E-state index in [4.69, 9.17) is 4.74 Å². The minimum absolute atomic E-state index is 0.334. The summed E-state index contributed by atoms with van der Waals surface area (Å²) >= 11 is 4.85. The van der Waals surface area contributed by atoms with Gasteiger partial charge in [-0.25, -0.2) is 0 Å². The van der Waals surface area contributed by atoms with Crippen molar-refractivity contribution in [3.63, 3.8) is 0 Å². The van der Waals surface area contributed by atoms with Crippen molar-refractivity contribution in [2.24, 2.45) is 0 Å². The summed E-state index contributed by atoms with van der Waals surface area (Å²) in [5.41, 5.74) is 5.45. The normalized spacial score (nSPS) is 10.3. The second-order valence-electron chi connectivity index (χ2n) is 5.04. The minimum atomic E-state index is -0.441. The highest BCUT2D eigenvalue weighted by molar-refractivity contribution is 9.10. The van der Waals surface area contributed by atoms with E-state index >= 15 is 0 Å². The lowest BCUT2D eigenvalue weighted by Crippen LogP contribution is -2.41. The first kappa shape index (κ1) is 17.2. The summed E-state index contributed by atoms with van der Waals surface area (Å²) in [4.78, 5) is 27.9. The van der Waals surface area contributed by atoms with Crippen molar-refractivity contribution in [1.82, 2.24) is 15.8 Å². The molecule has 0 unspecified atom stereocenters. The number of aromatic nitrogens is 1. The summed E-state index contributed by atoms with van der Waals surface area (Å²) in [6.07, 6.45) is 1.63. The lowest BCUT2D eigenvalue weighted by atomic mass is 10.2. The summed E-state index contributed by atoms with van der Waals surface area (Å²) < 4.78 is 6.42. The van der Waals surface area contributed by atoms with E-state index in [1.807, 2.05) is 17.5 Å². The number of H-pyrrole nitrogens is 1. The third-order valence-electron chi connectivity index (χ3n) is 3.24. The lowest BCUT2D eigenvalue weighted by molar-refractivity contribution is 0.0844. The molecule has 3 rings (SSSR count).